The van der Waals surface area contributed by atoms with Gasteiger partial charge >= 0.3 is 0 Å². The van der Waals surface area contributed by atoms with Crippen molar-refractivity contribution in [2.45, 2.75) is 25.4 Å². The summed E-state index contributed by atoms with van der Waals surface area (Å²) in [6.45, 7) is 4.59. The van der Waals surface area contributed by atoms with E-state index in [9.17, 15) is 10.1 Å². The Labute approximate surface area is 100 Å². The zero-order valence-electron chi connectivity index (χ0n) is 9.90. The molecule has 1 aliphatic heterocycles. The normalized spacial score (nSPS) is 23.8. The topological polar surface area (TPSA) is 67.2 Å². The Hall–Kier alpha value is -1.46. The maximum absolute atomic E-state index is 10.9. The van der Waals surface area contributed by atoms with Crippen molar-refractivity contribution in [3.63, 3.8) is 0 Å². The first-order valence-electron chi connectivity index (χ1n) is 5.79. The average Bonchev–Trinajstić information content (AvgIpc) is 2.74. The van der Waals surface area contributed by atoms with Gasteiger partial charge in [0, 0.05) is 30.3 Å². The number of hydrogen-bond acceptors (Lipinski definition) is 4. The van der Waals surface area contributed by atoms with Gasteiger partial charge in [-0.05, 0) is 19.9 Å². The van der Waals surface area contributed by atoms with Crippen LogP contribution in [0.4, 0.5) is 5.69 Å². The molecule has 1 heterocycles. The molecule has 1 atom stereocenters. The zero-order valence-corrected chi connectivity index (χ0v) is 9.90. The van der Waals surface area contributed by atoms with Gasteiger partial charge in [-0.25, -0.2) is 0 Å². The summed E-state index contributed by atoms with van der Waals surface area (Å²) in [5, 5.41) is 17.6. The predicted octanol–water partition coefficient (Wildman–Crippen LogP) is 1.44. The van der Waals surface area contributed by atoms with E-state index in [1.54, 1.807) is 18.2 Å². The Morgan fingerprint density at radius 1 is 1.53 bits per heavy atom. The molecular formula is C12H17N3O2. The monoisotopic (exact) mass is 235 g/mol. The molecule has 5 heteroatoms. The van der Waals surface area contributed by atoms with Gasteiger partial charge in [0.15, 0.2) is 0 Å². The van der Waals surface area contributed by atoms with Gasteiger partial charge in [0.25, 0.3) is 5.69 Å². The van der Waals surface area contributed by atoms with E-state index in [0.717, 1.165) is 25.1 Å². The highest BCUT2D eigenvalue weighted by atomic mass is 16.6. The minimum Gasteiger partial charge on any atom is -0.315 e. The SMILES string of the molecule is CC1(NCc2ccccc2[N+](=O)[O-])CCNC1. The standard InChI is InChI=1S/C12H17N3O2/c1-12(6-7-13-9-12)14-8-10-4-2-3-5-11(10)15(16)17/h2-5,13-14H,6-9H2,1H3. The number of nitrogens with one attached hydrogen (secondary N) is 2. The maximum Gasteiger partial charge on any atom is 0.273 e. The molecule has 0 aliphatic carbocycles. The van der Waals surface area contributed by atoms with Crippen molar-refractivity contribution in [3.8, 4) is 0 Å². The third kappa shape index (κ3) is 2.81. The highest BCUT2D eigenvalue weighted by Crippen LogP contribution is 2.20. The first kappa shape index (κ1) is 12.0. The molecule has 2 N–H and O–H groups in total. The van der Waals surface area contributed by atoms with E-state index >= 15 is 0 Å². The second-order valence-electron chi connectivity index (χ2n) is 4.73. The highest BCUT2D eigenvalue weighted by Gasteiger charge is 2.28. The molecule has 1 fully saturated rings. The Balaban J connectivity index is 2.06. The molecule has 2 rings (SSSR count). The minimum atomic E-state index is -0.327. The van der Waals surface area contributed by atoms with Crippen molar-refractivity contribution in [2.75, 3.05) is 13.1 Å². The van der Waals surface area contributed by atoms with Gasteiger partial charge in [-0.1, -0.05) is 18.2 Å². The van der Waals surface area contributed by atoms with E-state index < -0.39 is 0 Å². The van der Waals surface area contributed by atoms with Crippen LogP contribution >= 0.6 is 0 Å². The van der Waals surface area contributed by atoms with E-state index in [1.807, 2.05) is 6.07 Å². The fraction of sp³-hybridized carbons (Fsp3) is 0.500. The van der Waals surface area contributed by atoms with Gasteiger partial charge < -0.3 is 10.6 Å². The number of nitrogens with zero attached hydrogens (tertiary/aromatic N) is 1. The third-order valence-electron chi connectivity index (χ3n) is 3.26. The number of nitro groups is 1. The van der Waals surface area contributed by atoms with Crippen LogP contribution < -0.4 is 10.6 Å². The van der Waals surface area contributed by atoms with Crippen molar-refractivity contribution in [1.82, 2.24) is 10.6 Å². The Kier molecular flexibility index (Phi) is 3.40. The molecule has 92 valence electrons. The van der Waals surface area contributed by atoms with Crippen molar-refractivity contribution in [2.24, 2.45) is 0 Å². The predicted molar refractivity (Wildman–Crippen MR) is 65.8 cm³/mol. The summed E-state index contributed by atoms with van der Waals surface area (Å²) in [5.41, 5.74) is 0.976. The van der Waals surface area contributed by atoms with E-state index in [1.165, 1.54) is 0 Å². The summed E-state index contributed by atoms with van der Waals surface area (Å²) < 4.78 is 0. The molecule has 0 bridgehead atoms. The number of para-hydroxylation sites is 1. The Bertz CT molecular complexity index is 414. The molecule has 0 spiro atoms. The quantitative estimate of drug-likeness (QED) is 0.612. The van der Waals surface area contributed by atoms with Gasteiger partial charge in [0.05, 0.1) is 4.92 Å². The van der Waals surface area contributed by atoms with Gasteiger partial charge in [-0.15, -0.1) is 0 Å². The molecule has 0 saturated carbocycles. The van der Waals surface area contributed by atoms with Gasteiger partial charge in [0.2, 0.25) is 0 Å². The van der Waals surface area contributed by atoms with E-state index in [4.69, 9.17) is 0 Å². The van der Waals surface area contributed by atoms with Crippen LogP contribution in [0.5, 0.6) is 0 Å². The lowest BCUT2D eigenvalue weighted by atomic mass is 10.0. The zero-order chi connectivity index (χ0) is 12.3. The van der Waals surface area contributed by atoms with Crippen molar-refractivity contribution in [1.29, 1.82) is 0 Å². The summed E-state index contributed by atoms with van der Waals surface area (Å²) in [5.74, 6) is 0. The lowest BCUT2D eigenvalue weighted by Gasteiger charge is -2.24. The van der Waals surface area contributed by atoms with Crippen LogP contribution in [-0.2, 0) is 6.54 Å². The summed E-state index contributed by atoms with van der Waals surface area (Å²) in [6.07, 6.45) is 1.05. The van der Waals surface area contributed by atoms with Crippen LogP contribution in [0.15, 0.2) is 24.3 Å². The number of rotatable bonds is 4. The van der Waals surface area contributed by atoms with Gasteiger partial charge in [-0.2, -0.15) is 0 Å². The molecule has 5 nitrogen and oxygen atoms in total. The third-order valence-corrected chi connectivity index (χ3v) is 3.26. The average molecular weight is 235 g/mol. The van der Waals surface area contributed by atoms with Crippen LogP contribution in [0.2, 0.25) is 0 Å². The molecule has 1 aromatic carbocycles. The summed E-state index contributed by atoms with van der Waals surface area (Å²) >= 11 is 0. The summed E-state index contributed by atoms with van der Waals surface area (Å²) in [4.78, 5) is 10.5. The lowest BCUT2D eigenvalue weighted by Crippen LogP contribution is -2.43. The largest absolute Gasteiger partial charge is 0.315 e. The fourth-order valence-corrected chi connectivity index (χ4v) is 2.11. The molecule has 1 aliphatic rings. The smallest absolute Gasteiger partial charge is 0.273 e. The van der Waals surface area contributed by atoms with Crippen molar-refractivity contribution in [3.05, 3.63) is 39.9 Å². The van der Waals surface area contributed by atoms with Crippen LogP contribution in [0.25, 0.3) is 0 Å². The summed E-state index contributed by atoms with van der Waals surface area (Å²) in [7, 11) is 0. The van der Waals surface area contributed by atoms with E-state index in [-0.39, 0.29) is 16.1 Å². The highest BCUT2D eigenvalue weighted by molar-refractivity contribution is 5.39. The van der Waals surface area contributed by atoms with Gasteiger partial charge in [-0.3, -0.25) is 10.1 Å². The second kappa shape index (κ2) is 4.81. The first-order chi connectivity index (χ1) is 8.11. The number of hydrogen-bond donors (Lipinski definition) is 2. The molecule has 1 saturated heterocycles. The lowest BCUT2D eigenvalue weighted by molar-refractivity contribution is -0.385. The summed E-state index contributed by atoms with van der Waals surface area (Å²) in [6, 6.07) is 6.88. The molecule has 17 heavy (non-hydrogen) atoms. The minimum absolute atomic E-state index is 0.0453. The molecule has 0 amide bonds. The first-order valence-corrected chi connectivity index (χ1v) is 5.79. The van der Waals surface area contributed by atoms with Gasteiger partial charge in [0.1, 0.15) is 0 Å². The second-order valence-corrected chi connectivity index (χ2v) is 4.73. The molecule has 1 aromatic rings. The molecule has 0 aromatic heterocycles. The molecule has 1 unspecified atom stereocenters. The number of benzene rings is 1. The molecular weight excluding hydrogens is 218 g/mol. The van der Waals surface area contributed by atoms with E-state index in [0.29, 0.717) is 6.54 Å². The van der Waals surface area contributed by atoms with Crippen LogP contribution in [0.3, 0.4) is 0 Å². The van der Waals surface area contributed by atoms with Crippen LogP contribution in [0.1, 0.15) is 18.9 Å². The van der Waals surface area contributed by atoms with E-state index in [2.05, 4.69) is 17.6 Å². The van der Waals surface area contributed by atoms with Crippen LogP contribution in [-0.4, -0.2) is 23.6 Å². The maximum atomic E-state index is 10.9. The molecule has 0 radical (unpaired) electrons. The fourth-order valence-electron chi connectivity index (χ4n) is 2.11. The van der Waals surface area contributed by atoms with Crippen molar-refractivity contribution >= 4 is 5.69 Å². The number of nitro benzene ring substituents is 1. The van der Waals surface area contributed by atoms with Crippen LogP contribution in [0, 0.1) is 10.1 Å². The Morgan fingerprint density at radius 2 is 2.29 bits per heavy atom. The Morgan fingerprint density at radius 3 is 2.94 bits per heavy atom. The van der Waals surface area contributed by atoms with Crippen molar-refractivity contribution < 1.29 is 4.92 Å².